The molecule has 15 heavy (non-hydrogen) atoms. The highest BCUT2D eigenvalue weighted by Crippen LogP contribution is 2.32. The van der Waals surface area contributed by atoms with Gasteiger partial charge >= 0.3 is 6.18 Å². The van der Waals surface area contributed by atoms with Crippen molar-refractivity contribution in [2.75, 3.05) is 6.54 Å². The quantitative estimate of drug-likeness (QED) is 0.746. The number of halogens is 6. The van der Waals surface area contributed by atoms with Crippen molar-refractivity contribution in [3.05, 3.63) is 0 Å². The summed E-state index contributed by atoms with van der Waals surface area (Å²) in [6.07, 6.45) is -6.05. The van der Waals surface area contributed by atoms with E-state index in [0.717, 1.165) is 0 Å². The zero-order chi connectivity index (χ0) is 10.8. The lowest BCUT2D eigenvalue weighted by Crippen LogP contribution is -2.49. The molecule has 0 bridgehead atoms. The maximum absolute atomic E-state index is 13.0. The molecule has 0 spiro atoms. The van der Waals surface area contributed by atoms with Crippen LogP contribution in [0.1, 0.15) is 25.7 Å². The van der Waals surface area contributed by atoms with E-state index in [2.05, 4.69) is 5.32 Å². The van der Waals surface area contributed by atoms with Gasteiger partial charge in [-0.3, -0.25) is 0 Å². The van der Waals surface area contributed by atoms with Crippen LogP contribution in [0.4, 0.5) is 22.0 Å². The van der Waals surface area contributed by atoms with Gasteiger partial charge in [-0.2, -0.15) is 13.2 Å². The van der Waals surface area contributed by atoms with Gasteiger partial charge in [-0.1, -0.05) is 0 Å². The van der Waals surface area contributed by atoms with Crippen LogP contribution in [0.2, 0.25) is 0 Å². The van der Waals surface area contributed by atoms with E-state index >= 15 is 0 Å². The van der Waals surface area contributed by atoms with Gasteiger partial charge < -0.3 is 5.32 Å². The van der Waals surface area contributed by atoms with Gasteiger partial charge in [0, 0.05) is 12.8 Å². The number of piperidine rings is 1. The summed E-state index contributed by atoms with van der Waals surface area (Å²) in [7, 11) is 0. The Morgan fingerprint density at radius 2 is 1.87 bits per heavy atom. The van der Waals surface area contributed by atoms with Gasteiger partial charge in [-0.25, -0.2) is 8.78 Å². The molecular weight excluding hydrogens is 241 g/mol. The molecule has 1 rings (SSSR count). The van der Waals surface area contributed by atoms with E-state index in [1.165, 1.54) is 0 Å². The van der Waals surface area contributed by atoms with Crippen LogP contribution in [0.25, 0.3) is 0 Å². The first kappa shape index (κ1) is 14.9. The monoisotopic (exact) mass is 253 g/mol. The average molecular weight is 254 g/mol. The molecule has 0 saturated carbocycles. The van der Waals surface area contributed by atoms with Gasteiger partial charge in [-0.05, 0) is 19.4 Å². The molecule has 1 saturated heterocycles. The third-order valence-electron chi connectivity index (χ3n) is 2.30. The van der Waals surface area contributed by atoms with Crippen LogP contribution in [0, 0.1) is 0 Å². The van der Waals surface area contributed by atoms with Gasteiger partial charge in [0.25, 0.3) is 5.92 Å². The second kappa shape index (κ2) is 5.30. The Balaban J connectivity index is 0.00000196. The summed E-state index contributed by atoms with van der Waals surface area (Å²) in [6.45, 7) is 0.373. The summed E-state index contributed by atoms with van der Waals surface area (Å²) in [5, 5.41) is 2.43. The molecule has 92 valence electrons. The predicted octanol–water partition coefficient (Wildman–Crippen LogP) is 3.14. The molecule has 1 fully saturated rings. The molecule has 0 aromatic heterocycles. The Hall–Kier alpha value is -0.100. The highest BCUT2D eigenvalue weighted by Gasteiger charge is 2.42. The molecule has 7 heteroatoms. The summed E-state index contributed by atoms with van der Waals surface area (Å²) < 4.78 is 61.4. The van der Waals surface area contributed by atoms with Gasteiger partial charge in [0.15, 0.2) is 0 Å². The fourth-order valence-corrected chi connectivity index (χ4v) is 1.55. The molecule has 0 amide bonds. The summed E-state index contributed by atoms with van der Waals surface area (Å²) >= 11 is 0. The van der Waals surface area contributed by atoms with Crippen LogP contribution < -0.4 is 5.32 Å². The van der Waals surface area contributed by atoms with E-state index in [-0.39, 0.29) is 18.8 Å². The lowest BCUT2D eigenvalue weighted by atomic mass is 9.96. The van der Waals surface area contributed by atoms with E-state index in [1.54, 1.807) is 0 Å². The lowest BCUT2D eigenvalue weighted by Gasteiger charge is -2.32. The van der Waals surface area contributed by atoms with Crippen LogP contribution in [-0.4, -0.2) is 24.7 Å². The smallest absolute Gasteiger partial charge is 0.309 e. The number of nitrogens with one attached hydrogen (secondary N) is 1. The maximum Gasteiger partial charge on any atom is 0.389 e. The molecule has 1 nitrogen and oxygen atoms in total. The summed E-state index contributed by atoms with van der Waals surface area (Å²) in [5.74, 6) is -3.00. The van der Waals surface area contributed by atoms with E-state index in [1.807, 2.05) is 0 Å². The maximum atomic E-state index is 13.0. The second-order valence-corrected chi connectivity index (χ2v) is 3.53. The zero-order valence-corrected chi connectivity index (χ0v) is 8.73. The average Bonchev–Trinajstić information content (AvgIpc) is 2.00. The van der Waals surface area contributed by atoms with Crippen molar-refractivity contribution in [2.24, 2.45) is 0 Å². The third kappa shape index (κ3) is 4.97. The highest BCUT2D eigenvalue weighted by atomic mass is 35.5. The van der Waals surface area contributed by atoms with Crippen LogP contribution in [0.15, 0.2) is 0 Å². The minimum atomic E-state index is -4.35. The molecular formula is C8H13ClF5N. The molecule has 0 aromatic rings. The van der Waals surface area contributed by atoms with E-state index in [0.29, 0.717) is 13.0 Å². The molecule has 1 aliphatic heterocycles. The van der Waals surface area contributed by atoms with Gasteiger partial charge in [0.1, 0.15) is 0 Å². The molecule has 1 heterocycles. The lowest BCUT2D eigenvalue weighted by molar-refractivity contribution is -0.144. The molecule has 1 N–H and O–H groups in total. The Bertz CT molecular complexity index is 194. The summed E-state index contributed by atoms with van der Waals surface area (Å²) in [6, 6.07) is -1.32. The van der Waals surface area contributed by atoms with E-state index in [9.17, 15) is 22.0 Å². The highest BCUT2D eigenvalue weighted by molar-refractivity contribution is 5.85. The minimum absolute atomic E-state index is 0. The SMILES string of the molecule is Cl.FC(F)(F)CCC1NCCCC1(F)F. The normalized spacial score (nSPS) is 25.8. The molecule has 1 atom stereocenters. The molecule has 0 aromatic carbocycles. The summed E-state index contributed by atoms with van der Waals surface area (Å²) in [4.78, 5) is 0. The van der Waals surface area contributed by atoms with Crippen molar-refractivity contribution in [2.45, 2.75) is 43.8 Å². The molecule has 1 unspecified atom stereocenters. The number of rotatable bonds is 2. The van der Waals surface area contributed by atoms with Crippen molar-refractivity contribution in [1.82, 2.24) is 5.32 Å². The largest absolute Gasteiger partial charge is 0.389 e. The Kier molecular flexibility index (Phi) is 5.26. The molecule has 1 aliphatic rings. The van der Waals surface area contributed by atoms with Gasteiger partial charge in [0.05, 0.1) is 6.04 Å². The first-order chi connectivity index (χ1) is 6.31. The Morgan fingerprint density at radius 3 is 2.33 bits per heavy atom. The van der Waals surface area contributed by atoms with Gasteiger partial charge in [-0.15, -0.1) is 12.4 Å². The van der Waals surface area contributed by atoms with Crippen molar-refractivity contribution in [1.29, 1.82) is 0 Å². The van der Waals surface area contributed by atoms with E-state index in [4.69, 9.17) is 0 Å². The van der Waals surface area contributed by atoms with Crippen molar-refractivity contribution < 1.29 is 22.0 Å². The molecule has 0 aliphatic carbocycles. The Labute approximate surface area is 90.8 Å². The van der Waals surface area contributed by atoms with Crippen LogP contribution >= 0.6 is 12.4 Å². The standard InChI is InChI=1S/C8H12F5N.ClH/c9-7(10)3-1-5-14-6(7)2-4-8(11,12)13;/h6,14H,1-5H2;1H. The van der Waals surface area contributed by atoms with Crippen molar-refractivity contribution in [3.63, 3.8) is 0 Å². The van der Waals surface area contributed by atoms with Crippen LogP contribution in [0.3, 0.4) is 0 Å². The first-order valence-corrected chi connectivity index (χ1v) is 4.49. The Morgan fingerprint density at radius 1 is 1.27 bits per heavy atom. The number of alkyl halides is 5. The minimum Gasteiger partial charge on any atom is -0.309 e. The zero-order valence-electron chi connectivity index (χ0n) is 7.91. The fourth-order valence-electron chi connectivity index (χ4n) is 1.55. The first-order valence-electron chi connectivity index (χ1n) is 4.49. The van der Waals surface area contributed by atoms with Gasteiger partial charge in [0.2, 0.25) is 0 Å². The van der Waals surface area contributed by atoms with Crippen LogP contribution in [-0.2, 0) is 0 Å². The topological polar surface area (TPSA) is 12.0 Å². The molecule has 0 radical (unpaired) electrons. The third-order valence-corrected chi connectivity index (χ3v) is 2.30. The number of hydrogen-bond donors (Lipinski definition) is 1. The number of hydrogen-bond acceptors (Lipinski definition) is 1. The fraction of sp³-hybridized carbons (Fsp3) is 1.00. The predicted molar refractivity (Wildman–Crippen MR) is 48.5 cm³/mol. The van der Waals surface area contributed by atoms with Crippen molar-refractivity contribution in [3.8, 4) is 0 Å². The van der Waals surface area contributed by atoms with Crippen molar-refractivity contribution >= 4 is 12.4 Å². The van der Waals surface area contributed by atoms with Crippen LogP contribution in [0.5, 0.6) is 0 Å². The second-order valence-electron chi connectivity index (χ2n) is 3.53. The van der Waals surface area contributed by atoms with E-state index < -0.39 is 31.0 Å². The summed E-state index contributed by atoms with van der Waals surface area (Å²) in [5.41, 5.74) is 0.